The molecule has 162 valence electrons. The molecule has 0 aliphatic carbocycles. The van der Waals surface area contributed by atoms with Crippen molar-refractivity contribution in [3.63, 3.8) is 0 Å². The van der Waals surface area contributed by atoms with E-state index in [-0.39, 0.29) is 13.2 Å². The number of amides is 1. The predicted molar refractivity (Wildman–Crippen MR) is 109 cm³/mol. The second-order valence-electron chi connectivity index (χ2n) is 7.61. The number of Topliss-reactive ketones (excluding diaryl/α,β-unsaturated/α-hetero) is 1. The van der Waals surface area contributed by atoms with Crippen LogP contribution >= 0.6 is 0 Å². The average Bonchev–Trinajstić information content (AvgIpc) is 3.01. The van der Waals surface area contributed by atoms with E-state index in [1.54, 1.807) is 38.5 Å². The van der Waals surface area contributed by atoms with Gasteiger partial charge in [0.2, 0.25) is 0 Å². The van der Waals surface area contributed by atoms with Crippen molar-refractivity contribution in [1.82, 2.24) is 4.90 Å². The lowest BCUT2D eigenvalue weighted by Gasteiger charge is -2.36. The van der Waals surface area contributed by atoms with E-state index in [0.29, 0.717) is 59.6 Å². The van der Waals surface area contributed by atoms with Gasteiger partial charge in [-0.15, -0.1) is 0 Å². The van der Waals surface area contributed by atoms with Crippen LogP contribution in [0, 0.1) is 0 Å². The van der Waals surface area contributed by atoms with Crippen molar-refractivity contribution in [2.24, 2.45) is 0 Å². The average molecular weight is 426 g/mol. The number of anilines is 1. The molecule has 3 aliphatic heterocycles. The van der Waals surface area contributed by atoms with Crippen molar-refractivity contribution in [3.05, 3.63) is 41.0 Å². The minimum absolute atomic E-state index is 0.133. The molecule has 0 spiro atoms. The minimum Gasteiger partial charge on any atom is -0.496 e. The number of benzene rings is 2. The maximum atomic E-state index is 12.8. The number of carbonyl (C=O) groups is 2. The van der Waals surface area contributed by atoms with Gasteiger partial charge in [0, 0.05) is 30.3 Å². The SMILES string of the molecule is COc1ccc(OC)c2c1CN(CN1C(=O)C(=O)c3cc4c(cc31)OCCO4)CC2O. The van der Waals surface area contributed by atoms with E-state index in [1.807, 2.05) is 4.90 Å². The van der Waals surface area contributed by atoms with E-state index < -0.39 is 17.8 Å². The second kappa shape index (κ2) is 7.44. The zero-order valence-electron chi connectivity index (χ0n) is 17.2. The molecule has 0 saturated heterocycles. The van der Waals surface area contributed by atoms with Crippen LogP contribution in [0.4, 0.5) is 5.69 Å². The van der Waals surface area contributed by atoms with Gasteiger partial charge in [0.1, 0.15) is 24.7 Å². The molecule has 31 heavy (non-hydrogen) atoms. The molecule has 2 aromatic rings. The standard InChI is InChI=1S/C22H22N2O7/c1-28-16-3-4-17(29-2)20-13(16)9-23(10-15(20)25)11-24-14-8-19-18(30-5-6-31-19)7-12(14)21(26)22(24)27/h3-4,7-8,15,25H,5-6,9-11H2,1-2H3. The first kappa shape index (κ1) is 19.7. The third-order valence-electron chi connectivity index (χ3n) is 5.84. The molecule has 0 bridgehead atoms. The molecule has 2 aromatic carbocycles. The number of nitrogens with zero attached hydrogens (tertiary/aromatic N) is 2. The van der Waals surface area contributed by atoms with E-state index in [0.717, 1.165) is 5.56 Å². The maximum Gasteiger partial charge on any atom is 0.300 e. The number of aliphatic hydroxyl groups excluding tert-OH is 1. The first-order chi connectivity index (χ1) is 15.0. The van der Waals surface area contributed by atoms with E-state index in [2.05, 4.69) is 0 Å². The molecule has 1 atom stereocenters. The number of methoxy groups -OCH3 is 2. The number of aliphatic hydroxyl groups is 1. The zero-order valence-corrected chi connectivity index (χ0v) is 17.2. The number of ketones is 1. The Kier molecular flexibility index (Phi) is 4.71. The predicted octanol–water partition coefficient (Wildman–Crippen LogP) is 1.51. The van der Waals surface area contributed by atoms with Crippen LogP contribution in [0.3, 0.4) is 0 Å². The lowest BCUT2D eigenvalue weighted by Crippen LogP contribution is -2.44. The van der Waals surface area contributed by atoms with Crippen molar-refractivity contribution in [3.8, 4) is 23.0 Å². The summed E-state index contributed by atoms with van der Waals surface area (Å²) in [4.78, 5) is 28.7. The summed E-state index contributed by atoms with van der Waals surface area (Å²) in [5.41, 5.74) is 2.26. The molecule has 0 saturated carbocycles. The molecule has 1 amide bonds. The van der Waals surface area contributed by atoms with Gasteiger partial charge < -0.3 is 24.1 Å². The fraction of sp³-hybridized carbons (Fsp3) is 0.364. The van der Waals surface area contributed by atoms with Crippen LogP contribution in [0.1, 0.15) is 27.6 Å². The highest BCUT2D eigenvalue weighted by Crippen LogP contribution is 2.42. The van der Waals surface area contributed by atoms with E-state index in [9.17, 15) is 14.7 Å². The van der Waals surface area contributed by atoms with Crippen molar-refractivity contribution < 1.29 is 33.6 Å². The monoisotopic (exact) mass is 426 g/mol. The Morgan fingerprint density at radius 1 is 1.06 bits per heavy atom. The van der Waals surface area contributed by atoms with Gasteiger partial charge >= 0.3 is 5.91 Å². The van der Waals surface area contributed by atoms with Gasteiger partial charge in [0.15, 0.2) is 11.5 Å². The summed E-state index contributed by atoms with van der Waals surface area (Å²) in [6.45, 7) is 1.63. The Morgan fingerprint density at radius 3 is 2.45 bits per heavy atom. The fourth-order valence-corrected chi connectivity index (χ4v) is 4.42. The lowest BCUT2D eigenvalue weighted by atomic mass is 9.95. The summed E-state index contributed by atoms with van der Waals surface area (Å²) in [5, 5.41) is 10.8. The zero-order chi connectivity index (χ0) is 21.7. The van der Waals surface area contributed by atoms with Gasteiger partial charge in [-0.25, -0.2) is 0 Å². The first-order valence-electron chi connectivity index (χ1n) is 9.95. The molecule has 5 rings (SSSR count). The molecule has 0 radical (unpaired) electrons. The molecule has 9 heteroatoms. The molecule has 1 unspecified atom stereocenters. The van der Waals surface area contributed by atoms with Gasteiger partial charge in [0.25, 0.3) is 5.78 Å². The van der Waals surface area contributed by atoms with Crippen LogP contribution in [-0.4, -0.2) is 62.3 Å². The molecule has 0 fully saturated rings. The minimum atomic E-state index is -0.832. The second-order valence-corrected chi connectivity index (χ2v) is 7.61. The molecule has 0 aromatic heterocycles. The van der Waals surface area contributed by atoms with Gasteiger partial charge in [-0.2, -0.15) is 0 Å². The summed E-state index contributed by atoms with van der Waals surface area (Å²) >= 11 is 0. The smallest absolute Gasteiger partial charge is 0.300 e. The molecule has 3 heterocycles. The lowest BCUT2D eigenvalue weighted by molar-refractivity contribution is -0.114. The number of ether oxygens (including phenoxy) is 4. The van der Waals surface area contributed by atoms with Crippen LogP contribution in [0.15, 0.2) is 24.3 Å². The number of rotatable bonds is 4. The van der Waals surface area contributed by atoms with Crippen LogP contribution in [-0.2, 0) is 11.3 Å². The Morgan fingerprint density at radius 2 is 1.74 bits per heavy atom. The molecular weight excluding hydrogens is 404 g/mol. The fourth-order valence-electron chi connectivity index (χ4n) is 4.42. The first-order valence-corrected chi connectivity index (χ1v) is 9.95. The normalized spacial score (nSPS) is 19.8. The third-order valence-corrected chi connectivity index (χ3v) is 5.84. The van der Waals surface area contributed by atoms with Crippen molar-refractivity contribution in [2.45, 2.75) is 12.6 Å². The van der Waals surface area contributed by atoms with Crippen molar-refractivity contribution in [2.75, 3.05) is 45.5 Å². The van der Waals surface area contributed by atoms with E-state index in [4.69, 9.17) is 18.9 Å². The number of hydrogen-bond donors (Lipinski definition) is 1. The number of fused-ring (bicyclic) bond motifs is 3. The summed E-state index contributed by atoms with van der Waals surface area (Å²) in [6, 6.07) is 6.79. The van der Waals surface area contributed by atoms with Gasteiger partial charge in [0.05, 0.1) is 38.2 Å². The third kappa shape index (κ3) is 3.08. The Labute approximate surface area is 178 Å². The summed E-state index contributed by atoms with van der Waals surface area (Å²) in [6.07, 6.45) is -0.832. The molecule has 3 aliphatic rings. The van der Waals surface area contributed by atoms with Gasteiger partial charge in [-0.1, -0.05) is 0 Å². The van der Waals surface area contributed by atoms with Crippen molar-refractivity contribution >= 4 is 17.4 Å². The highest BCUT2D eigenvalue weighted by atomic mass is 16.6. The highest BCUT2D eigenvalue weighted by molar-refractivity contribution is 6.52. The summed E-state index contributed by atoms with van der Waals surface area (Å²) < 4.78 is 22.0. The van der Waals surface area contributed by atoms with Gasteiger partial charge in [-0.3, -0.25) is 19.4 Å². The Hall–Kier alpha value is -3.30. The summed E-state index contributed by atoms with van der Waals surface area (Å²) in [5.74, 6) is 0.993. The molecule has 9 nitrogen and oxygen atoms in total. The Bertz CT molecular complexity index is 1080. The maximum absolute atomic E-state index is 12.8. The van der Waals surface area contributed by atoms with Crippen LogP contribution in [0.5, 0.6) is 23.0 Å². The van der Waals surface area contributed by atoms with Crippen LogP contribution in [0.25, 0.3) is 0 Å². The number of hydrogen-bond acceptors (Lipinski definition) is 8. The van der Waals surface area contributed by atoms with Crippen molar-refractivity contribution in [1.29, 1.82) is 0 Å². The number of carbonyl (C=O) groups excluding carboxylic acids is 2. The highest BCUT2D eigenvalue weighted by Gasteiger charge is 2.40. The van der Waals surface area contributed by atoms with Crippen LogP contribution in [0.2, 0.25) is 0 Å². The summed E-state index contributed by atoms with van der Waals surface area (Å²) in [7, 11) is 3.12. The van der Waals surface area contributed by atoms with Crippen LogP contribution < -0.4 is 23.8 Å². The van der Waals surface area contributed by atoms with Gasteiger partial charge in [-0.05, 0) is 18.2 Å². The molecular formula is C22H22N2O7. The number of β-amino-alcohol motifs (C(OH)–C–C–N with tert-alkyl or cyclic N) is 1. The van der Waals surface area contributed by atoms with E-state index in [1.165, 1.54) is 4.90 Å². The Balaban J connectivity index is 1.47. The quantitative estimate of drug-likeness (QED) is 0.735. The molecule has 1 N–H and O–H groups in total. The topological polar surface area (TPSA) is 97.8 Å². The largest absolute Gasteiger partial charge is 0.496 e. The van der Waals surface area contributed by atoms with E-state index >= 15 is 0 Å².